The fraction of sp³-hybridized carbons (Fsp3) is 0.417. The van der Waals surface area contributed by atoms with Gasteiger partial charge in [0.2, 0.25) is 0 Å². The standard InChI is InChI=1S/C24H21F6N5O3/c25-23(26,27)16-3-12(4-17(6-16)24(28,29)30)7-22-8-14(15(9-22)11-35(22)21(37)38)10-31-20(36)13-1-2-18-19(5-13)33-34-32-18/h1-6,14-15H,7-11H2,(H,31,36)(H,37,38)(H,32,33,34)/t14?,15-,22+/m1/s1. The van der Waals surface area contributed by atoms with Crippen molar-refractivity contribution in [2.24, 2.45) is 11.8 Å². The smallest absolute Gasteiger partial charge is 0.416 e. The number of aromatic amines is 1. The van der Waals surface area contributed by atoms with Crippen LogP contribution < -0.4 is 5.32 Å². The van der Waals surface area contributed by atoms with E-state index in [1.165, 1.54) is 0 Å². The van der Waals surface area contributed by atoms with Crippen molar-refractivity contribution in [3.05, 3.63) is 58.7 Å². The Balaban J connectivity index is 1.36. The molecule has 1 unspecified atom stereocenters. The molecule has 3 N–H and O–H groups in total. The largest absolute Gasteiger partial charge is 0.465 e. The van der Waals surface area contributed by atoms with Crippen LogP contribution in [0.5, 0.6) is 0 Å². The molecule has 0 radical (unpaired) electrons. The number of nitrogens with zero attached hydrogens (tertiary/aromatic N) is 3. The molecule has 2 aliphatic rings. The summed E-state index contributed by atoms with van der Waals surface area (Å²) in [6.45, 7) is 0.248. The number of likely N-dealkylation sites (tertiary alicyclic amines) is 1. The summed E-state index contributed by atoms with van der Waals surface area (Å²) in [6.07, 6.45) is -11.2. The Bertz CT molecular complexity index is 1370. The van der Waals surface area contributed by atoms with Crippen molar-refractivity contribution in [2.45, 2.75) is 37.2 Å². The van der Waals surface area contributed by atoms with Gasteiger partial charge in [-0.2, -0.15) is 41.8 Å². The van der Waals surface area contributed by atoms with Gasteiger partial charge in [-0.05, 0) is 73.1 Å². The molecule has 1 aliphatic carbocycles. The van der Waals surface area contributed by atoms with E-state index in [2.05, 4.69) is 20.7 Å². The predicted molar refractivity (Wildman–Crippen MR) is 120 cm³/mol. The normalized spacial score (nSPS) is 23.3. The third-order valence-corrected chi connectivity index (χ3v) is 7.46. The Morgan fingerprint density at radius 2 is 1.66 bits per heavy atom. The van der Waals surface area contributed by atoms with Gasteiger partial charge < -0.3 is 15.3 Å². The van der Waals surface area contributed by atoms with E-state index >= 15 is 0 Å². The maximum absolute atomic E-state index is 13.4. The number of rotatable bonds is 5. The van der Waals surface area contributed by atoms with Gasteiger partial charge in [-0.3, -0.25) is 4.79 Å². The summed E-state index contributed by atoms with van der Waals surface area (Å²) in [6, 6.07) is 6.08. The highest BCUT2D eigenvalue weighted by molar-refractivity contribution is 5.97. The first-order valence-electron chi connectivity index (χ1n) is 11.6. The molecule has 5 rings (SSSR count). The van der Waals surface area contributed by atoms with E-state index in [0.717, 1.165) is 4.90 Å². The molecule has 38 heavy (non-hydrogen) atoms. The summed E-state index contributed by atoms with van der Waals surface area (Å²) < 4.78 is 80.2. The maximum atomic E-state index is 13.4. The second kappa shape index (κ2) is 8.88. The van der Waals surface area contributed by atoms with E-state index in [-0.39, 0.29) is 55.8 Å². The van der Waals surface area contributed by atoms with Crippen LogP contribution in [0.15, 0.2) is 36.4 Å². The summed E-state index contributed by atoms with van der Waals surface area (Å²) >= 11 is 0. The van der Waals surface area contributed by atoms with E-state index in [1.54, 1.807) is 18.2 Å². The van der Waals surface area contributed by atoms with Crippen molar-refractivity contribution in [2.75, 3.05) is 13.1 Å². The molecule has 202 valence electrons. The summed E-state index contributed by atoms with van der Waals surface area (Å²) in [5.41, 5.74) is -2.91. The van der Waals surface area contributed by atoms with E-state index < -0.39 is 41.0 Å². The van der Waals surface area contributed by atoms with Crippen LogP contribution in [-0.4, -0.2) is 56.0 Å². The molecule has 8 nitrogen and oxygen atoms in total. The van der Waals surface area contributed by atoms with Crippen LogP contribution in [0.3, 0.4) is 0 Å². The molecule has 1 aliphatic heterocycles. The Morgan fingerprint density at radius 1 is 1.00 bits per heavy atom. The topological polar surface area (TPSA) is 111 Å². The van der Waals surface area contributed by atoms with E-state index in [9.17, 15) is 41.0 Å². The first kappa shape index (κ1) is 25.8. The Morgan fingerprint density at radius 3 is 2.29 bits per heavy atom. The number of aromatic nitrogens is 3. The zero-order valence-electron chi connectivity index (χ0n) is 19.5. The molecule has 2 aromatic carbocycles. The third kappa shape index (κ3) is 4.74. The molecular formula is C24H21F6N5O3. The second-order valence-electron chi connectivity index (χ2n) is 9.87. The highest BCUT2D eigenvalue weighted by Crippen LogP contribution is 2.52. The van der Waals surface area contributed by atoms with Crippen molar-refractivity contribution in [3.63, 3.8) is 0 Å². The first-order chi connectivity index (χ1) is 17.7. The predicted octanol–water partition coefficient (Wildman–Crippen LogP) is 4.73. The Kier molecular flexibility index (Phi) is 6.03. The van der Waals surface area contributed by atoms with Crippen LogP contribution in [0.1, 0.15) is 39.9 Å². The molecule has 3 atom stereocenters. The molecule has 2 amide bonds. The monoisotopic (exact) mass is 541 g/mol. The number of halogens is 6. The summed E-state index contributed by atoms with van der Waals surface area (Å²) in [5, 5.41) is 22.8. The molecule has 2 heterocycles. The van der Waals surface area contributed by atoms with Gasteiger partial charge in [0.15, 0.2) is 0 Å². The number of alkyl halides is 6. The number of benzene rings is 2. The maximum Gasteiger partial charge on any atom is 0.416 e. The van der Waals surface area contributed by atoms with Crippen LogP contribution in [0.4, 0.5) is 31.1 Å². The molecule has 14 heteroatoms. The van der Waals surface area contributed by atoms with Gasteiger partial charge in [0.1, 0.15) is 11.0 Å². The third-order valence-electron chi connectivity index (χ3n) is 7.46. The van der Waals surface area contributed by atoms with Crippen LogP contribution in [0.25, 0.3) is 11.0 Å². The minimum absolute atomic E-state index is 0.0525. The van der Waals surface area contributed by atoms with Crippen molar-refractivity contribution >= 4 is 23.0 Å². The van der Waals surface area contributed by atoms with Crippen molar-refractivity contribution in [3.8, 4) is 0 Å². The number of carboxylic acid groups (broad SMARTS) is 1. The van der Waals surface area contributed by atoms with Gasteiger partial charge in [0.25, 0.3) is 5.91 Å². The lowest BCUT2D eigenvalue weighted by Crippen LogP contribution is -2.51. The van der Waals surface area contributed by atoms with E-state index in [1.807, 2.05) is 0 Å². The van der Waals surface area contributed by atoms with Crippen LogP contribution in [0.2, 0.25) is 0 Å². The minimum atomic E-state index is -5.00. The molecule has 2 bridgehead atoms. The van der Waals surface area contributed by atoms with Crippen LogP contribution in [0, 0.1) is 11.8 Å². The number of H-pyrrole nitrogens is 1. The lowest BCUT2D eigenvalue weighted by atomic mass is 9.85. The highest BCUT2D eigenvalue weighted by atomic mass is 19.4. The zero-order valence-corrected chi connectivity index (χ0v) is 19.5. The fourth-order valence-electron chi connectivity index (χ4n) is 5.82. The average molecular weight is 541 g/mol. The van der Waals surface area contributed by atoms with Gasteiger partial charge in [0.05, 0.1) is 16.7 Å². The molecule has 1 saturated heterocycles. The first-order valence-corrected chi connectivity index (χ1v) is 11.6. The number of fused-ring (bicyclic) bond motifs is 3. The SMILES string of the molecule is O=C(NCC1C[C@@]2(Cc3cc(C(F)(F)F)cc(C(F)(F)F)c3)C[C@@H]1CN2C(=O)O)c1ccc2n[nH]nc2c1. The molecule has 1 saturated carbocycles. The number of carbonyl (C=O) groups is 2. The molecule has 1 aromatic heterocycles. The van der Waals surface area contributed by atoms with Crippen molar-refractivity contribution in [1.29, 1.82) is 0 Å². The van der Waals surface area contributed by atoms with E-state index in [4.69, 9.17) is 0 Å². The van der Waals surface area contributed by atoms with Gasteiger partial charge in [-0.15, -0.1) is 0 Å². The lowest BCUT2D eigenvalue weighted by Gasteiger charge is -2.40. The lowest BCUT2D eigenvalue weighted by molar-refractivity contribution is -0.143. The molecule has 0 spiro atoms. The zero-order chi connectivity index (χ0) is 27.5. The Labute approximate surface area is 211 Å². The number of carbonyl (C=O) groups excluding carboxylic acids is 1. The number of hydrogen-bond donors (Lipinski definition) is 3. The number of piperidine rings is 1. The summed E-state index contributed by atoms with van der Waals surface area (Å²) in [5.74, 6) is -0.815. The molecular weight excluding hydrogens is 520 g/mol. The van der Waals surface area contributed by atoms with Crippen molar-refractivity contribution < 1.29 is 41.0 Å². The van der Waals surface area contributed by atoms with Gasteiger partial charge in [-0.25, -0.2) is 4.79 Å². The quantitative estimate of drug-likeness (QED) is 0.405. The summed E-state index contributed by atoms with van der Waals surface area (Å²) in [7, 11) is 0. The molecule has 3 aromatic rings. The number of amides is 2. The fourth-order valence-corrected chi connectivity index (χ4v) is 5.82. The van der Waals surface area contributed by atoms with Crippen LogP contribution in [-0.2, 0) is 18.8 Å². The van der Waals surface area contributed by atoms with Gasteiger partial charge in [-0.1, -0.05) is 0 Å². The minimum Gasteiger partial charge on any atom is -0.465 e. The molecule has 2 fully saturated rings. The summed E-state index contributed by atoms with van der Waals surface area (Å²) in [4.78, 5) is 25.8. The number of hydrogen-bond acceptors (Lipinski definition) is 4. The Hall–Kier alpha value is -3.84. The average Bonchev–Trinajstić information content (AvgIpc) is 3.53. The van der Waals surface area contributed by atoms with Gasteiger partial charge in [0, 0.05) is 18.7 Å². The van der Waals surface area contributed by atoms with Crippen molar-refractivity contribution in [1.82, 2.24) is 25.6 Å². The highest BCUT2D eigenvalue weighted by Gasteiger charge is 2.57. The van der Waals surface area contributed by atoms with E-state index in [0.29, 0.717) is 28.7 Å². The van der Waals surface area contributed by atoms with Crippen LogP contribution >= 0.6 is 0 Å². The van der Waals surface area contributed by atoms with Gasteiger partial charge >= 0.3 is 18.4 Å². The second-order valence-corrected chi connectivity index (χ2v) is 9.87. The number of nitrogens with one attached hydrogen (secondary N) is 2.